The van der Waals surface area contributed by atoms with Crippen molar-refractivity contribution < 1.29 is 14.6 Å². The molecule has 1 heterocycles. The van der Waals surface area contributed by atoms with Gasteiger partial charge in [0.25, 0.3) is 5.91 Å². The van der Waals surface area contributed by atoms with E-state index in [2.05, 4.69) is 9.97 Å². The van der Waals surface area contributed by atoms with Gasteiger partial charge in [0.15, 0.2) is 5.69 Å². The molecule has 1 amide bonds. The molecule has 0 bridgehead atoms. The average Bonchev–Trinajstić information content (AvgIpc) is 2.50. The molecule has 1 aromatic heterocycles. The Bertz CT molecular complexity index is 520. The van der Waals surface area contributed by atoms with Gasteiger partial charge < -0.3 is 15.6 Å². The number of nitrogens with two attached hydrogens (primary N) is 1. The summed E-state index contributed by atoms with van der Waals surface area (Å²) >= 11 is 0. The molecule has 6 heteroatoms. The van der Waals surface area contributed by atoms with Gasteiger partial charge in [-0.05, 0) is 6.42 Å². The van der Waals surface area contributed by atoms with Crippen LogP contribution < -0.4 is 10.5 Å². The van der Waals surface area contributed by atoms with Crippen LogP contribution in [0, 0.1) is 0 Å². The molecule has 21 heavy (non-hydrogen) atoms. The highest BCUT2D eigenvalue weighted by molar-refractivity contribution is 5.92. The normalized spacial score (nSPS) is 9.38. The first-order valence-electron chi connectivity index (χ1n) is 6.63. The van der Waals surface area contributed by atoms with Crippen LogP contribution in [-0.2, 0) is 0 Å². The number of amides is 1. The first-order valence-corrected chi connectivity index (χ1v) is 6.63. The average molecular weight is 289 g/mol. The van der Waals surface area contributed by atoms with E-state index < -0.39 is 11.8 Å². The second kappa shape index (κ2) is 9.30. The molecule has 0 aliphatic carbocycles. The number of rotatable bonds is 5. The van der Waals surface area contributed by atoms with E-state index in [1.54, 1.807) is 0 Å². The maximum atomic E-state index is 10.7. The van der Waals surface area contributed by atoms with Gasteiger partial charge in [-0.1, -0.05) is 49.7 Å². The van der Waals surface area contributed by atoms with Crippen LogP contribution in [-0.4, -0.2) is 27.6 Å². The van der Waals surface area contributed by atoms with E-state index in [1.165, 1.54) is 6.20 Å². The molecule has 0 saturated carbocycles. The number of aromatic nitrogens is 2. The molecule has 3 N–H and O–H groups in total. The summed E-state index contributed by atoms with van der Waals surface area (Å²) in [5, 5.41) is 9.26. The van der Waals surface area contributed by atoms with E-state index in [0.717, 1.165) is 12.8 Å². The van der Waals surface area contributed by atoms with Crippen molar-refractivity contribution in [2.45, 2.75) is 19.8 Å². The molecular weight excluding hydrogens is 270 g/mol. The van der Waals surface area contributed by atoms with Crippen LogP contribution in [0.2, 0.25) is 0 Å². The standard InChI is InChI=1S/C9H13N3O3.C6H6/c1-2-3-4-15-6-5-11-7(8(10)13)9(14)12-6;1-2-4-6-5-3-1/h5H,2-4H2,1H3,(H2,10,13)(H,12,14);1-6H. The Morgan fingerprint density at radius 3 is 2.24 bits per heavy atom. The van der Waals surface area contributed by atoms with Crippen molar-refractivity contribution in [1.29, 1.82) is 0 Å². The Balaban J connectivity index is 0.000000304. The maximum Gasteiger partial charge on any atom is 0.272 e. The maximum absolute atomic E-state index is 10.7. The van der Waals surface area contributed by atoms with Crippen LogP contribution in [0.15, 0.2) is 42.6 Å². The molecule has 112 valence electrons. The zero-order valence-electron chi connectivity index (χ0n) is 11.9. The molecule has 0 aliphatic rings. The van der Waals surface area contributed by atoms with Crippen molar-refractivity contribution in [1.82, 2.24) is 9.97 Å². The van der Waals surface area contributed by atoms with Crippen molar-refractivity contribution in [3.05, 3.63) is 48.3 Å². The predicted molar refractivity (Wildman–Crippen MR) is 79.1 cm³/mol. The topological polar surface area (TPSA) is 98.3 Å². The third kappa shape index (κ3) is 6.38. The monoisotopic (exact) mass is 289 g/mol. The number of primary amides is 1. The second-order valence-corrected chi connectivity index (χ2v) is 4.10. The van der Waals surface area contributed by atoms with E-state index >= 15 is 0 Å². The van der Waals surface area contributed by atoms with E-state index in [4.69, 9.17) is 10.5 Å². The van der Waals surface area contributed by atoms with E-state index in [9.17, 15) is 9.90 Å². The van der Waals surface area contributed by atoms with Gasteiger partial charge in [-0.25, -0.2) is 4.98 Å². The number of carbonyl (C=O) groups excluding carboxylic acids is 1. The van der Waals surface area contributed by atoms with Gasteiger partial charge in [0.1, 0.15) is 0 Å². The van der Waals surface area contributed by atoms with Gasteiger partial charge in [-0.3, -0.25) is 4.79 Å². The second-order valence-electron chi connectivity index (χ2n) is 4.10. The lowest BCUT2D eigenvalue weighted by Gasteiger charge is -2.04. The lowest BCUT2D eigenvalue weighted by atomic mass is 10.4. The fraction of sp³-hybridized carbons (Fsp3) is 0.267. The van der Waals surface area contributed by atoms with Gasteiger partial charge in [0.05, 0.1) is 12.8 Å². The molecule has 0 saturated heterocycles. The molecule has 6 nitrogen and oxygen atoms in total. The van der Waals surface area contributed by atoms with E-state index in [-0.39, 0.29) is 11.6 Å². The lowest BCUT2D eigenvalue weighted by molar-refractivity contribution is 0.0991. The van der Waals surface area contributed by atoms with Crippen molar-refractivity contribution in [3.63, 3.8) is 0 Å². The Hall–Kier alpha value is -2.63. The van der Waals surface area contributed by atoms with Gasteiger partial charge in [0, 0.05) is 0 Å². The number of ether oxygens (including phenoxy) is 1. The highest BCUT2D eigenvalue weighted by Gasteiger charge is 2.11. The van der Waals surface area contributed by atoms with Crippen LogP contribution in [0.3, 0.4) is 0 Å². The number of unbranched alkanes of at least 4 members (excludes halogenated alkanes) is 1. The summed E-state index contributed by atoms with van der Waals surface area (Å²) in [5.41, 5.74) is 4.69. The molecule has 2 aromatic rings. The predicted octanol–water partition coefficient (Wildman–Crippen LogP) is 2.15. The summed E-state index contributed by atoms with van der Waals surface area (Å²) in [6, 6.07) is 12.0. The Morgan fingerprint density at radius 2 is 1.81 bits per heavy atom. The van der Waals surface area contributed by atoms with Crippen molar-refractivity contribution in [2.24, 2.45) is 5.73 Å². The van der Waals surface area contributed by atoms with Gasteiger partial charge in [0.2, 0.25) is 11.8 Å². The molecule has 2 rings (SSSR count). The van der Waals surface area contributed by atoms with E-state index in [0.29, 0.717) is 6.61 Å². The summed E-state index contributed by atoms with van der Waals surface area (Å²) in [6.45, 7) is 2.53. The van der Waals surface area contributed by atoms with Gasteiger partial charge in [-0.2, -0.15) is 4.98 Å². The molecule has 0 aliphatic heterocycles. The highest BCUT2D eigenvalue weighted by Crippen LogP contribution is 2.15. The zero-order chi connectivity index (χ0) is 15.5. The molecule has 0 unspecified atom stereocenters. The first-order chi connectivity index (χ1) is 10.1. The quantitative estimate of drug-likeness (QED) is 0.822. The summed E-state index contributed by atoms with van der Waals surface area (Å²) in [6.07, 6.45) is 3.15. The van der Waals surface area contributed by atoms with Gasteiger partial charge in [-0.15, -0.1) is 0 Å². The van der Waals surface area contributed by atoms with Gasteiger partial charge >= 0.3 is 0 Å². The third-order valence-corrected chi connectivity index (χ3v) is 2.38. The fourth-order valence-corrected chi connectivity index (χ4v) is 1.31. The minimum atomic E-state index is -0.819. The highest BCUT2D eigenvalue weighted by atomic mass is 16.5. The summed E-state index contributed by atoms with van der Waals surface area (Å²) in [5.74, 6) is -1.14. The molecular formula is C15H19N3O3. The minimum absolute atomic E-state index is 0.186. The number of aromatic hydroxyl groups is 1. The number of carbonyl (C=O) groups is 1. The van der Waals surface area contributed by atoms with Crippen LogP contribution >= 0.6 is 0 Å². The molecule has 0 spiro atoms. The summed E-state index contributed by atoms with van der Waals surface area (Å²) in [7, 11) is 0. The minimum Gasteiger partial charge on any atom is -0.492 e. The molecule has 0 radical (unpaired) electrons. The number of nitrogens with zero attached hydrogens (tertiary/aromatic N) is 2. The Labute approximate surface area is 123 Å². The largest absolute Gasteiger partial charge is 0.492 e. The van der Waals surface area contributed by atoms with Crippen LogP contribution in [0.1, 0.15) is 30.3 Å². The van der Waals surface area contributed by atoms with Crippen LogP contribution in [0.25, 0.3) is 0 Å². The number of hydrogen-bond donors (Lipinski definition) is 2. The Morgan fingerprint density at radius 1 is 1.24 bits per heavy atom. The van der Waals surface area contributed by atoms with Crippen molar-refractivity contribution in [3.8, 4) is 11.8 Å². The van der Waals surface area contributed by atoms with Crippen molar-refractivity contribution in [2.75, 3.05) is 6.61 Å². The lowest BCUT2D eigenvalue weighted by Crippen LogP contribution is -2.14. The van der Waals surface area contributed by atoms with Crippen molar-refractivity contribution >= 4 is 5.91 Å². The van der Waals surface area contributed by atoms with Crippen LogP contribution in [0.5, 0.6) is 11.8 Å². The zero-order valence-corrected chi connectivity index (χ0v) is 11.9. The summed E-state index contributed by atoms with van der Waals surface area (Å²) < 4.78 is 5.18. The Kier molecular flexibility index (Phi) is 7.28. The smallest absolute Gasteiger partial charge is 0.272 e. The fourth-order valence-electron chi connectivity index (χ4n) is 1.31. The number of hydrogen-bond acceptors (Lipinski definition) is 5. The summed E-state index contributed by atoms with van der Waals surface area (Å²) in [4.78, 5) is 18.0. The molecule has 0 fully saturated rings. The molecule has 0 atom stereocenters. The SMILES string of the molecule is CCCCOc1cnc(C(N)=O)c(O)n1.c1ccccc1. The first kappa shape index (κ1) is 16.4. The van der Waals surface area contributed by atoms with E-state index in [1.807, 2.05) is 43.3 Å². The third-order valence-electron chi connectivity index (χ3n) is 2.38. The number of benzene rings is 1. The van der Waals surface area contributed by atoms with Crippen LogP contribution in [0.4, 0.5) is 0 Å². The molecule has 1 aromatic carbocycles.